The number of carboxylic acid groups (broad SMARTS) is 1. The highest BCUT2D eigenvalue weighted by Gasteiger charge is 2.20. The average Bonchev–Trinajstić information content (AvgIpc) is 2.92. The van der Waals surface area contributed by atoms with Crippen LogP contribution in [0.3, 0.4) is 0 Å². The monoisotopic (exact) mass is 277 g/mol. The van der Waals surface area contributed by atoms with Crippen LogP contribution in [0.25, 0.3) is 0 Å². The van der Waals surface area contributed by atoms with E-state index in [0.717, 1.165) is 11.3 Å². The van der Waals surface area contributed by atoms with Crippen molar-refractivity contribution in [1.82, 2.24) is 24.9 Å². The summed E-state index contributed by atoms with van der Waals surface area (Å²) in [7, 11) is 3.37. The normalized spacial score (nSPS) is 10.6. The van der Waals surface area contributed by atoms with E-state index in [1.807, 2.05) is 14.0 Å². The summed E-state index contributed by atoms with van der Waals surface area (Å²) in [5.74, 6) is -1.70. The number of nitrogens with zero attached hydrogens (tertiary/aromatic N) is 4. The van der Waals surface area contributed by atoms with Crippen molar-refractivity contribution in [3.63, 3.8) is 0 Å². The van der Waals surface area contributed by atoms with Crippen LogP contribution in [0, 0.1) is 6.92 Å². The van der Waals surface area contributed by atoms with E-state index >= 15 is 0 Å². The summed E-state index contributed by atoms with van der Waals surface area (Å²) >= 11 is 0. The summed E-state index contributed by atoms with van der Waals surface area (Å²) in [4.78, 5) is 23.0. The maximum atomic E-state index is 12.0. The van der Waals surface area contributed by atoms with Gasteiger partial charge in [-0.15, -0.1) is 0 Å². The molecule has 0 saturated carbocycles. The van der Waals surface area contributed by atoms with E-state index in [4.69, 9.17) is 5.11 Å². The van der Waals surface area contributed by atoms with Gasteiger partial charge in [-0.2, -0.15) is 10.2 Å². The molecular weight excluding hydrogens is 262 g/mol. The third kappa shape index (κ3) is 2.53. The van der Waals surface area contributed by atoms with E-state index in [9.17, 15) is 9.59 Å². The van der Waals surface area contributed by atoms with Gasteiger partial charge >= 0.3 is 5.97 Å². The molecule has 0 atom stereocenters. The van der Waals surface area contributed by atoms with E-state index in [1.165, 1.54) is 10.9 Å². The first-order valence-electron chi connectivity index (χ1n) is 5.92. The van der Waals surface area contributed by atoms with Crippen LogP contribution in [0.4, 0.5) is 0 Å². The fourth-order valence-corrected chi connectivity index (χ4v) is 1.80. The predicted molar refractivity (Wildman–Crippen MR) is 69.3 cm³/mol. The lowest BCUT2D eigenvalue weighted by Crippen LogP contribution is -2.24. The van der Waals surface area contributed by atoms with E-state index in [1.54, 1.807) is 17.9 Å². The fourth-order valence-electron chi connectivity index (χ4n) is 1.80. The van der Waals surface area contributed by atoms with Crippen LogP contribution in [0.2, 0.25) is 0 Å². The predicted octanol–water partition coefficient (Wildman–Crippen LogP) is 0.0902. The molecule has 0 spiro atoms. The number of hydrogen-bond acceptors (Lipinski definition) is 4. The third-order valence-corrected chi connectivity index (χ3v) is 3.05. The molecule has 0 aliphatic rings. The molecule has 0 radical (unpaired) electrons. The molecule has 0 unspecified atom stereocenters. The summed E-state index contributed by atoms with van der Waals surface area (Å²) in [5.41, 5.74) is 1.60. The molecule has 0 bridgehead atoms. The fraction of sp³-hybridized carbons (Fsp3) is 0.333. The minimum absolute atomic E-state index is 0.0431. The summed E-state index contributed by atoms with van der Waals surface area (Å²) in [6, 6.07) is 0. The second-order valence-corrected chi connectivity index (χ2v) is 4.43. The minimum Gasteiger partial charge on any atom is -0.476 e. The molecule has 8 heteroatoms. The van der Waals surface area contributed by atoms with E-state index in [0.29, 0.717) is 0 Å². The van der Waals surface area contributed by atoms with Crippen LogP contribution >= 0.6 is 0 Å². The van der Waals surface area contributed by atoms with Gasteiger partial charge in [0.15, 0.2) is 5.69 Å². The lowest BCUT2D eigenvalue weighted by atomic mass is 10.2. The highest BCUT2D eigenvalue weighted by Crippen LogP contribution is 2.08. The largest absolute Gasteiger partial charge is 0.476 e. The number of aromatic nitrogens is 4. The van der Waals surface area contributed by atoms with Gasteiger partial charge in [0.25, 0.3) is 5.91 Å². The topological polar surface area (TPSA) is 102 Å². The van der Waals surface area contributed by atoms with Crippen molar-refractivity contribution in [2.75, 3.05) is 0 Å². The van der Waals surface area contributed by atoms with E-state index in [-0.39, 0.29) is 17.8 Å². The molecule has 2 N–H and O–H groups in total. The van der Waals surface area contributed by atoms with E-state index < -0.39 is 11.9 Å². The number of aromatic carboxylic acids is 1. The van der Waals surface area contributed by atoms with Crippen molar-refractivity contribution in [2.24, 2.45) is 14.1 Å². The van der Waals surface area contributed by atoms with Gasteiger partial charge in [-0.1, -0.05) is 0 Å². The lowest BCUT2D eigenvalue weighted by molar-refractivity contribution is 0.0684. The van der Waals surface area contributed by atoms with Gasteiger partial charge in [-0.25, -0.2) is 4.79 Å². The Morgan fingerprint density at radius 2 is 2.10 bits per heavy atom. The lowest BCUT2D eigenvalue weighted by Gasteiger charge is -2.04. The Morgan fingerprint density at radius 1 is 1.40 bits per heavy atom. The van der Waals surface area contributed by atoms with Crippen LogP contribution in [0.1, 0.15) is 32.1 Å². The smallest absolute Gasteiger partial charge is 0.357 e. The molecule has 106 valence electrons. The minimum atomic E-state index is -1.23. The molecule has 1 amide bonds. The quantitative estimate of drug-likeness (QED) is 0.824. The molecule has 2 rings (SSSR count). The van der Waals surface area contributed by atoms with Gasteiger partial charge in [0.1, 0.15) is 0 Å². The highest BCUT2D eigenvalue weighted by atomic mass is 16.4. The molecule has 8 nitrogen and oxygen atoms in total. The maximum absolute atomic E-state index is 12.0. The number of carbonyl (C=O) groups is 2. The zero-order valence-corrected chi connectivity index (χ0v) is 11.4. The number of rotatable bonds is 4. The van der Waals surface area contributed by atoms with Crippen molar-refractivity contribution in [3.8, 4) is 0 Å². The highest BCUT2D eigenvalue weighted by molar-refractivity contribution is 6.03. The SMILES string of the molecule is Cc1c(CNC(=O)c2cn(C)nc2C(=O)O)cnn1C. The molecule has 2 aromatic rings. The van der Waals surface area contributed by atoms with Gasteiger partial charge < -0.3 is 10.4 Å². The molecule has 0 fully saturated rings. The summed E-state index contributed by atoms with van der Waals surface area (Å²) in [6.07, 6.45) is 3.05. The zero-order valence-electron chi connectivity index (χ0n) is 11.4. The Hall–Kier alpha value is -2.64. The first-order valence-corrected chi connectivity index (χ1v) is 5.92. The molecule has 0 saturated heterocycles. The van der Waals surface area contributed by atoms with Crippen molar-refractivity contribution >= 4 is 11.9 Å². The number of nitrogens with one attached hydrogen (secondary N) is 1. The van der Waals surface area contributed by atoms with Gasteiger partial charge in [0, 0.05) is 38.1 Å². The van der Waals surface area contributed by atoms with Crippen molar-refractivity contribution in [3.05, 3.63) is 34.9 Å². The third-order valence-electron chi connectivity index (χ3n) is 3.05. The van der Waals surface area contributed by atoms with E-state index in [2.05, 4.69) is 15.5 Å². The standard InChI is InChI=1S/C12H15N5O3/c1-7-8(5-14-17(7)3)4-13-11(18)9-6-16(2)15-10(9)12(19)20/h5-6H,4H2,1-3H3,(H,13,18)(H,19,20). The second kappa shape index (κ2) is 5.16. The number of carbonyl (C=O) groups excluding carboxylic acids is 1. The number of aryl methyl sites for hydroxylation is 2. The molecule has 2 heterocycles. The van der Waals surface area contributed by atoms with Gasteiger partial charge in [-0.05, 0) is 6.92 Å². The van der Waals surface area contributed by atoms with Crippen LogP contribution in [-0.4, -0.2) is 36.5 Å². The second-order valence-electron chi connectivity index (χ2n) is 4.43. The number of amides is 1. The van der Waals surface area contributed by atoms with Crippen molar-refractivity contribution in [1.29, 1.82) is 0 Å². The molecule has 20 heavy (non-hydrogen) atoms. The van der Waals surface area contributed by atoms with Crippen LogP contribution in [-0.2, 0) is 20.6 Å². The van der Waals surface area contributed by atoms with Crippen LogP contribution in [0.5, 0.6) is 0 Å². The molecule has 2 aromatic heterocycles. The van der Waals surface area contributed by atoms with Crippen LogP contribution in [0.15, 0.2) is 12.4 Å². The number of carboxylic acids is 1. The summed E-state index contributed by atoms with van der Waals surface area (Å²) in [5, 5.41) is 19.5. The van der Waals surface area contributed by atoms with Crippen LogP contribution < -0.4 is 5.32 Å². The maximum Gasteiger partial charge on any atom is 0.357 e. The zero-order chi connectivity index (χ0) is 14.9. The van der Waals surface area contributed by atoms with Crippen molar-refractivity contribution in [2.45, 2.75) is 13.5 Å². The van der Waals surface area contributed by atoms with Crippen molar-refractivity contribution < 1.29 is 14.7 Å². The Labute approximate surface area is 115 Å². The Balaban J connectivity index is 2.13. The van der Waals surface area contributed by atoms with Gasteiger partial charge in [0.05, 0.1) is 11.8 Å². The average molecular weight is 277 g/mol. The molecule has 0 aromatic carbocycles. The summed E-state index contributed by atoms with van der Waals surface area (Å²) < 4.78 is 3.00. The Morgan fingerprint density at radius 3 is 2.65 bits per heavy atom. The first-order chi connectivity index (χ1) is 9.40. The number of hydrogen-bond donors (Lipinski definition) is 2. The summed E-state index contributed by atoms with van der Waals surface area (Å²) in [6.45, 7) is 2.17. The molecule has 0 aliphatic carbocycles. The van der Waals surface area contributed by atoms with Gasteiger partial charge in [0.2, 0.25) is 0 Å². The van der Waals surface area contributed by atoms with Gasteiger partial charge in [-0.3, -0.25) is 14.2 Å². The Kier molecular flexibility index (Phi) is 3.55. The Bertz CT molecular complexity index is 671. The molecule has 0 aliphatic heterocycles. The first kappa shape index (κ1) is 13.8. The molecular formula is C12H15N5O3.